The molecule has 3 aliphatic rings. The number of amides is 3. The topological polar surface area (TPSA) is 194 Å². The van der Waals surface area contributed by atoms with Gasteiger partial charge in [0.05, 0.1) is 25.3 Å². The van der Waals surface area contributed by atoms with E-state index in [1.165, 1.54) is 31.1 Å². The first-order chi connectivity index (χ1) is 27.5. The Kier molecular flexibility index (Phi) is 16.0. The van der Waals surface area contributed by atoms with Crippen molar-refractivity contribution in [1.82, 2.24) is 10.2 Å². The summed E-state index contributed by atoms with van der Waals surface area (Å²) in [6, 6.07) is 2.53. The smallest absolute Gasteiger partial charge is 0.409 e. The maximum absolute atomic E-state index is 14.2. The molecule has 0 saturated carbocycles. The summed E-state index contributed by atoms with van der Waals surface area (Å²) in [6.45, 7) is 10.9. The summed E-state index contributed by atoms with van der Waals surface area (Å²) in [5, 5.41) is 23.4. The average Bonchev–Trinajstić information content (AvgIpc) is 3.87. The number of nitrogens with one attached hydrogen (secondary N) is 1. The summed E-state index contributed by atoms with van der Waals surface area (Å²) in [5.74, 6) is -1.92. The van der Waals surface area contributed by atoms with Crippen molar-refractivity contribution < 1.29 is 57.9 Å². The second-order valence-electron chi connectivity index (χ2n) is 16.5. The van der Waals surface area contributed by atoms with E-state index in [1.807, 2.05) is 26.8 Å². The van der Waals surface area contributed by atoms with Crippen LogP contribution in [0.3, 0.4) is 0 Å². The number of carboxylic acid groups (broad SMARTS) is 1. The molecule has 2 fully saturated rings. The monoisotopic (exact) mass is 865 g/mol. The number of esters is 1. The van der Waals surface area contributed by atoms with Gasteiger partial charge in [0, 0.05) is 51.1 Å². The Morgan fingerprint density at radius 3 is 2.54 bits per heavy atom. The number of methoxy groups -OCH3 is 2. The van der Waals surface area contributed by atoms with Crippen LogP contribution in [0.25, 0.3) is 0 Å². The number of carbonyl (C=O) groups excluding carboxylic acids is 4. The van der Waals surface area contributed by atoms with Crippen LogP contribution in [0.5, 0.6) is 5.75 Å². The molecule has 0 aliphatic carbocycles. The number of nitrogens with zero attached hydrogens (tertiary/aromatic N) is 2. The maximum Gasteiger partial charge on any atom is 0.409 e. The van der Waals surface area contributed by atoms with Crippen molar-refractivity contribution in [2.45, 2.75) is 133 Å². The van der Waals surface area contributed by atoms with Gasteiger partial charge in [-0.05, 0) is 63.5 Å². The standard InChI is InChI=1S/C42H60ClN3O12S/c1-24-13-11-14-31(55-10)42(53)23-30(56-39(52)44-42)25(2)37-41(6,58-37)32(22-34(48)46(8)28-20-27(19-24)21-29(54-9)36(28)43)57-38(51)26(3)45(7)33(47)16-17-40(4,5)59-18-12-15-35(49)50/h11,13-14,20-21,25-26,30-32,37,53H,12,15-19,22-23H2,1-10H3,(H,44,52)(H,49,50)/b14-11+,24-13+/t25-,26+,30+,31-,32+,37+,41+,42+/m1/s1. The first-order valence-electron chi connectivity index (χ1n) is 19.8. The molecule has 3 N–H and O–H groups in total. The number of likely N-dealkylation sites (N-methyl/N-ethyl adjacent to an activating group) is 1. The number of carbonyl (C=O) groups is 5. The zero-order valence-electron chi connectivity index (χ0n) is 35.7. The van der Waals surface area contributed by atoms with Gasteiger partial charge in [0.2, 0.25) is 11.8 Å². The van der Waals surface area contributed by atoms with E-state index in [0.29, 0.717) is 36.5 Å². The van der Waals surface area contributed by atoms with Gasteiger partial charge in [0.15, 0.2) is 5.72 Å². The number of thioether (sulfide) groups is 1. The van der Waals surface area contributed by atoms with E-state index in [1.54, 1.807) is 63.9 Å². The van der Waals surface area contributed by atoms with Crippen LogP contribution < -0.4 is 15.0 Å². The minimum atomic E-state index is -1.85. The number of benzene rings is 1. The Hall–Kier alpha value is -3.83. The number of anilines is 1. The number of allylic oxidation sites excluding steroid dienone is 3. The number of ether oxygens (including phenoxy) is 5. The van der Waals surface area contributed by atoms with Crippen LogP contribution in [0, 0.1) is 5.92 Å². The number of aliphatic carboxylic acids is 1. The van der Waals surface area contributed by atoms with Gasteiger partial charge < -0.3 is 43.7 Å². The van der Waals surface area contributed by atoms with Crippen molar-refractivity contribution in [2.75, 3.05) is 39.0 Å². The number of hydrogen-bond acceptors (Lipinski definition) is 12. The third kappa shape index (κ3) is 11.9. The molecule has 3 aliphatic heterocycles. The molecule has 1 aromatic carbocycles. The molecule has 0 unspecified atom stereocenters. The van der Waals surface area contributed by atoms with E-state index in [0.717, 1.165) is 11.1 Å². The molecule has 3 heterocycles. The maximum atomic E-state index is 14.2. The van der Waals surface area contributed by atoms with E-state index in [2.05, 4.69) is 5.32 Å². The number of hydrogen-bond donors (Lipinski definition) is 3. The number of rotatable bonds is 13. The summed E-state index contributed by atoms with van der Waals surface area (Å²) >= 11 is 8.37. The molecule has 59 heavy (non-hydrogen) atoms. The lowest BCUT2D eigenvalue weighted by molar-refractivity contribution is -0.162. The molecular formula is C42H60ClN3O12S. The van der Waals surface area contributed by atoms with Gasteiger partial charge in [-0.1, -0.05) is 56.2 Å². The first-order valence-corrected chi connectivity index (χ1v) is 21.1. The fourth-order valence-electron chi connectivity index (χ4n) is 7.45. The highest BCUT2D eigenvalue weighted by atomic mass is 35.5. The molecule has 0 radical (unpaired) electrons. The lowest BCUT2D eigenvalue weighted by atomic mass is 9.83. The highest BCUT2D eigenvalue weighted by Crippen LogP contribution is 2.49. The Balaban J connectivity index is 1.64. The van der Waals surface area contributed by atoms with E-state index < -0.39 is 71.6 Å². The van der Waals surface area contributed by atoms with Crippen LogP contribution in [0.4, 0.5) is 10.5 Å². The predicted molar refractivity (Wildman–Crippen MR) is 224 cm³/mol. The summed E-state index contributed by atoms with van der Waals surface area (Å²) in [7, 11) is 5.99. The summed E-state index contributed by atoms with van der Waals surface area (Å²) in [6.07, 6.45) is 1.95. The van der Waals surface area contributed by atoms with E-state index in [4.69, 9.17) is 40.4 Å². The molecule has 0 aromatic heterocycles. The van der Waals surface area contributed by atoms with Crippen molar-refractivity contribution in [3.63, 3.8) is 0 Å². The number of carboxylic acids is 1. The zero-order chi connectivity index (χ0) is 44.0. The second kappa shape index (κ2) is 19.7. The molecule has 8 atom stereocenters. The number of halogens is 1. The first kappa shape index (κ1) is 47.8. The van der Waals surface area contributed by atoms with Crippen LogP contribution in [0.15, 0.2) is 35.9 Å². The predicted octanol–water partition coefficient (Wildman–Crippen LogP) is 5.67. The summed E-state index contributed by atoms with van der Waals surface area (Å²) in [5.41, 5.74) is -1.02. The molecule has 4 rings (SSSR count). The molecule has 328 valence electrons. The Morgan fingerprint density at radius 1 is 1.20 bits per heavy atom. The van der Waals surface area contributed by atoms with Crippen LogP contribution in [0.1, 0.15) is 85.6 Å². The minimum absolute atomic E-state index is 0.0702. The largest absolute Gasteiger partial charge is 0.495 e. The highest BCUT2D eigenvalue weighted by molar-refractivity contribution is 8.00. The molecule has 0 spiro atoms. The van der Waals surface area contributed by atoms with Gasteiger partial charge in [-0.3, -0.25) is 19.7 Å². The molecule has 4 bridgehead atoms. The molecule has 3 amide bonds. The minimum Gasteiger partial charge on any atom is -0.495 e. The fraction of sp³-hybridized carbons (Fsp3) is 0.643. The third-order valence-electron chi connectivity index (χ3n) is 11.5. The molecule has 17 heteroatoms. The van der Waals surface area contributed by atoms with Gasteiger partial charge >= 0.3 is 18.0 Å². The van der Waals surface area contributed by atoms with Gasteiger partial charge in [-0.2, -0.15) is 11.8 Å². The average molecular weight is 866 g/mol. The molecule has 1 aromatic rings. The second-order valence-corrected chi connectivity index (χ2v) is 18.7. The van der Waals surface area contributed by atoms with Gasteiger partial charge in [-0.15, -0.1) is 0 Å². The Labute approximate surface area is 356 Å². The molecular weight excluding hydrogens is 806 g/mol. The number of fused-ring (bicyclic) bond motifs is 5. The van der Waals surface area contributed by atoms with Gasteiger partial charge in [0.1, 0.15) is 40.7 Å². The van der Waals surface area contributed by atoms with Crippen LogP contribution in [-0.2, 0) is 44.5 Å². The summed E-state index contributed by atoms with van der Waals surface area (Å²) < 4.78 is 29.0. The van der Waals surface area contributed by atoms with E-state index >= 15 is 0 Å². The van der Waals surface area contributed by atoms with Crippen molar-refractivity contribution in [3.05, 3.63) is 46.5 Å². The van der Waals surface area contributed by atoms with E-state index in [-0.39, 0.29) is 41.4 Å². The molecule has 15 nitrogen and oxygen atoms in total. The quantitative estimate of drug-likeness (QED) is 0.125. The van der Waals surface area contributed by atoms with Crippen LogP contribution in [-0.4, -0.2) is 126 Å². The van der Waals surface area contributed by atoms with E-state index in [9.17, 15) is 29.1 Å². The normalized spacial score (nSPS) is 29.5. The van der Waals surface area contributed by atoms with Crippen molar-refractivity contribution >= 4 is 58.9 Å². The van der Waals surface area contributed by atoms with Crippen LogP contribution in [0.2, 0.25) is 5.02 Å². The number of epoxide rings is 1. The number of alkyl carbamates (subject to hydrolysis) is 1. The summed E-state index contributed by atoms with van der Waals surface area (Å²) in [4.78, 5) is 68.1. The van der Waals surface area contributed by atoms with Crippen LogP contribution >= 0.6 is 23.4 Å². The lowest BCUT2D eigenvalue weighted by Crippen LogP contribution is -2.63. The van der Waals surface area contributed by atoms with Crippen molar-refractivity contribution in [2.24, 2.45) is 5.92 Å². The third-order valence-corrected chi connectivity index (χ3v) is 13.4. The number of aliphatic hydroxyl groups is 1. The van der Waals surface area contributed by atoms with Crippen molar-refractivity contribution in [1.29, 1.82) is 0 Å². The fourth-order valence-corrected chi connectivity index (χ4v) is 8.85. The Bertz CT molecular complexity index is 1810. The van der Waals surface area contributed by atoms with Gasteiger partial charge in [-0.25, -0.2) is 9.59 Å². The zero-order valence-corrected chi connectivity index (χ0v) is 37.2. The van der Waals surface area contributed by atoms with Crippen molar-refractivity contribution in [3.8, 4) is 5.75 Å². The van der Waals surface area contributed by atoms with Gasteiger partial charge in [0.25, 0.3) is 0 Å². The Morgan fingerprint density at radius 2 is 1.90 bits per heavy atom. The molecule has 2 saturated heterocycles. The highest BCUT2D eigenvalue weighted by Gasteiger charge is 2.64. The lowest BCUT2D eigenvalue weighted by Gasteiger charge is -2.42. The SMILES string of the molecule is COc1cc2cc(c1Cl)N(C)C(=O)C[C@H](OC(=O)[C@H](C)N(C)C(=O)CCC(C)(C)SCCCC(=O)O)[C@]1(C)O[C@H]1[C@H](C)[C@@H]1C[C@@](O)(NC(=O)O1)[C@H](OC)/C=C/C=C(\C)C2.